The molecule has 19 heavy (non-hydrogen) atoms. The molecule has 0 aliphatic rings. The second-order valence-electron chi connectivity index (χ2n) is 4.04. The van der Waals surface area contributed by atoms with Crippen LogP contribution in [-0.4, -0.2) is 16.6 Å². The van der Waals surface area contributed by atoms with E-state index in [0.29, 0.717) is 10.8 Å². The molecular formula is C14H9ClN2O2. The van der Waals surface area contributed by atoms with Crippen molar-refractivity contribution in [3.05, 3.63) is 53.1 Å². The molecule has 0 radical (unpaired) electrons. The summed E-state index contributed by atoms with van der Waals surface area (Å²) in [7, 11) is 0. The van der Waals surface area contributed by atoms with Crippen molar-refractivity contribution in [1.82, 2.24) is 5.16 Å². The molecule has 4 nitrogen and oxygen atoms in total. The smallest absolute Gasteiger partial charge is 0.174 e. The molecule has 0 unspecified atom stereocenters. The lowest BCUT2D eigenvalue weighted by atomic mass is 10.1. The zero-order chi connectivity index (χ0) is 13.2. The lowest BCUT2D eigenvalue weighted by Gasteiger charge is -1.97. The average molecular weight is 273 g/mol. The first-order chi connectivity index (χ1) is 9.28. The third-order valence-electron chi connectivity index (χ3n) is 2.81. The Labute approximate surface area is 113 Å². The van der Waals surface area contributed by atoms with E-state index in [-0.39, 0.29) is 0 Å². The molecule has 94 valence electrons. The molecule has 1 N–H and O–H groups in total. The van der Waals surface area contributed by atoms with E-state index in [0.717, 1.165) is 22.0 Å². The fraction of sp³-hybridized carbons (Fsp3) is 0. The van der Waals surface area contributed by atoms with Crippen molar-refractivity contribution in [2.24, 2.45) is 5.16 Å². The minimum atomic E-state index is 0.667. The van der Waals surface area contributed by atoms with E-state index >= 15 is 0 Å². The second kappa shape index (κ2) is 4.74. The van der Waals surface area contributed by atoms with E-state index in [1.807, 2.05) is 24.3 Å². The van der Waals surface area contributed by atoms with E-state index in [1.54, 1.807) is 18.2 Å². The van der Waals surface area contributed by atoms with Crippen LogP contribution in [0.15, 0.2) is 52.1 Å². The van der Waals surface area contributed by atoms with Crippen molar-refractivity contribution in [3.8, 4) is 11.3 Å². The van der Waals surface area contributed by atoms with Gasteiger partial charge in [-0.05, 0) is 42.0 Å². The van der Waals surface area contributed by atoms with Crippen molar-refractivity contribution >= 4 is 28.7 Å². The SMILES string of the molecule is O/N=C\c1ccc2noc(-c3ccc(Cl)cc3)c2c1. The molecule has 0 saturated carbocycles. The molecule has 1 aromatic heterocycles. The van der Waals surface area contributed by atoms with E-state index in [1.165, 1.54) is 6.21 Å². The summed E-state index contributed by atoms with van der Waals surface area (Å²) in [6.07, 6.45) is 1.36. The summed E-state index contributed by atoms with van der Waals surface area (Å²) in [4.78, 5) is 0. The summed E-state index contributed by atoms with van der Waals surface area (Å²) < 4.78 is 5.37. The molecule has 2 aromatic carbocycles. The second-order valence-corrected chi connectivity index (χ2v) is 4.48. The van der Waals surface area contributed by atoms with Gasteiger partial charge in [0.15, 0.2) is 5.76 Å². The van der Waals surface area contributed by atoms with Gasteiger partial charge in [-0.1, -0.05) is 28.0 Å². The van der Waals surface area contributed by atoms with E-state index in [2.05, 4.69) is 10.3 Å². The van der Waals surface area contributed by atoms with E-state index in [4.69, 9.17) is 21.3 Å². The number of fused-ring (bicyclic) bond motifs is 1. The third-order valence-corrected chi connectivity index (χ3v) is 3.07. The highest BCUT2D eigenvalue weighted by atomic mass is 35.5. The molecule has 3 rings (SSSR count). The van der Waals surface area contributed by atoms with Gasteiger partial charge in [0.25, 0.3) is 0 Å². The van der Waals surface area contributed by atoms with Crippen molar-refractivity contribution in [2.75, 3.05) is 0 Å². The molecule has 0 spiro atoms. The molecule has 5 heteroatoms. The number of halogens is 1. The average Bonchev–Trinajstić information content (AvgIpc) is 2.83. The maximum atomic E-state index is 8.57. The highest BCUT2D eigenvalue weighted by Crippen LogP contribution is 2.29. The topological polar surface area (TPSA) is 58.6 Å². The highest BCUT2D eigenvalue weighted by molar-refractivity contribution is 6.30. The predicted molar refractivity (Wildman–Crippen MR) is 73.8 cm³/mol. The zero-order valence-electron chi connectivity index (χ0n) is 9.75. The van der Waals surface area contributed by atoms with Gasteiger partial charge in [0.2, 0.25) is 0 Å². The largest absolute Gasteiger partial charge is 0.411 e. The van der Waals surface area contributed by atoms with Crippen LogP contribution in [0, 0.1) is 0 Å². The molecule has 0 fully saturated rings. The monoisotopic (exact) mass is 272 g/mol. The lowest BCUT2D eigenvalue weighted by Crippen LogP contribution is -1.81. The summed E-state index contributed by atoms with van der Waals surface area (Å²) in [6.45, 7) is 0. The van der Waals surface area contributed by atoms with Crippen LogP contribution in [0.1, 0.15) is 5.56 Å². The summed E-state index contributed by atoms with van der Waals surface area (Å²) in [6, 6.07) is 12.8. The first-order valence-corrected chi connectivity index (χ1v) is 5.98. The van der Waals surface area contributed by atoms with Crippen molar-refractivity contribution in [2.45, 2.75) is 0 Å². The maximum Gasteiger partial charge on any atom is 0.174 e. The summed E-state index contributed by atoms with van der Waals surface area (Å²) in [5.41, 5.74) is 2.42. The number of hydrogen-bond donors (Lipinski definition) is 1. The molecule has 0 atom stereocenters. The number of aromatic nitrogens is 1. The predicted octanol–water partition coefficient (Wildman–Crippen LogP) is 3.96. The third kappa shape index (κ3) is 2.18. The van der Waals surface area contributed by atoms with Crippen LogP contribution in [0.4, 0.5) is 0 Å². The number of benzene rings is 2. The van der Waals surface area contributed by atoms with Crippen LogP contribution in [0.2, 0.25) is 5.02 Å². The number of hydrogen-bond acceptors (Lipinski definition) is 4. The standard InChI is InChI=1S/C14H9ClN2O2/c15-11-4-2-10(3-5-11)14-12-7-9(8-16-18)1-6-13(12)17-19-14/h1-8,18H/b16-8-. The molecule has 3 aromatic rings. The fourth-order valence-corrected chi connectivity index (χ4v) is 2.04. The van der Waals surface area contributed by atoms with Gasteiger partial charge in [-0.2, -0.15) is 0 Å². The summed E-state index contributed by atoms with van der Waals surface area (Å²) >= 11 is 5.87. The Balaban J connectivity index is 2.18. The zero-order valence-corrected chi connectivity index (χ0v) is 10.5. The van der Waals surface area contributed by atoms with Gasteiger partial charge in [0.1, 0.15) is 5.52 Å². The van der Waals surface area contributed by atoms with Crippen LogP contribution < -0.4 is 0 Å². The van der Waals surface area contributed by atoms with Gasteiger partial charge in [-0.15, -0.1) is 0 Å². The minimum Gasteiger partial charge on any atom is -0.411 e. The highest BCUT2D eigenvalue weighted by Gasteiger charge is 2.10. The molecular weight excluding hydrogens is 264 g/mol. The van der Waals surface area contributed by atoms with Gasteiger partial charge in [0, 0.05) is 10.6 Å². The lowest BCUT2D eigenvalue weighted by molar-refractivity contribution is 0.322. The van der Waals surface area contributed by atoms with Crippen LogP contribution >= 0.6 is 11.6 Å². The number of nitrogens with zero attached hydrogens (tertiary/aromatic N) is 2. The quantitative estimate of drug-likeness (QED) is 0.436. The van der Waals surface area contributed by atoms with Gasteiger partial charge in [0.05, 0.1) is 11.6 Å². The van der Waals surface area contributed by atoms with Crippen LogP contribution in [0.5, 0.6) is 0 Å². The Morgan fingerprint density at radius 2 is 1.95 bits per heavy atom. The van der Waals surface area contributed by atoms with Gasteiger partial charge < -0.3 is 9.73 Å². The molecule has 0 aliphatic carbocycles. The molecule has 0 aliphatic heterocycles. The van der Waals surface area contributed by atoms with Crippen molar-refractivity contribution in [1.29, 1.82) is 0 Å². The van der Waals surface area contributed by atoms with Crippen molar-refractivity contribution < 1.29 is 9.73 Å². The first kappa shape index (κ1) is 11.7. The molecule has 0 saturated heterocycles. The van der Waals surface area contributed by atoms with Gasteiger partial charge >= 0.3 is 0 Å². The molecule has 0 bridgehead atoms. The Hall–Kier alpha value is -2.33. The molecule has 1 heterocycles. The minimum absolute atomic E-state index is 0.667. The maximum absolute atomic E-state index is 8.57. The first-order valence-electron chi connectivity index (χ1n) is 5.61. The number of oxime groups is 1. The normalized spacial score (nSPS) is 11.4. The Morgan fingerprint density at radius 1 is 1.16 bits per heavy atom. The fourth-order valence-electron chi connectivity index (χ4n) is 1.92. The van der Waals surface area contributed by atoms with Crippen molar-refractivity contribution in [3.63, 3.8) is 0 Å². The Kier molecular flexibility index (Phi) is 2.93. The Bertz CT molecular complexity index is 748. The summed E-state index contributed by atoms with van der Waals surface area (Å²) in [5.74, 6) is 0.667. The Morgan fingerprint density at radius 3 is 2.68 bits per heavy atom. The summed E-state index contributed by atoms with van der Waals surface area (Å²) in [5, 5.41) is 17.1. The van der Waals surface area contributed by atoms with Gasteiger partial charge in [-0.25, -0.2) is 0 Å². The van der Waals surface area contributed by atoms with Crippen LogP contribution in [-0.2, 0) is 0 Å². The van der Waals surface area contributed by atoms with Crippen LogP contribution in [0.25, 0.3) is 22.2 Å². The van der Waals surface area contributed by atoms with Crippen LogP contribution in [0.3, 0.4) is 0 Å². The van der Waals surface area contributed by atoms with E-state index < -0.39 is 0 Å². The number of rotatable bonds is 2. The van der Waals surface area contributed by atoms with Gasteiger partial charge in [-0.3, -0.25) is 0 Å². The van der Waals surface area contributed by atoms with E-state index in [9.17, 15) is 0 Å². The molecule has 0 amide bonds.